The topological polar surface area (TPSA) is 0 Å². The predicted molar refractivity (Wildman–Crippen MR) is 33.5 cm³/mol. The molecule has 0 unspecified atom stereocenters. The summed E-state index contributed by atoms with van der Waals surface area (Å²) in [4.78, 5) is -9.88. The Morgan fingerprint density at radius 3 is 0.938 bits per heavy atom. The molecule has 0 nitrogen and oxygen atoms in total. The second kappa shape index (κ2) is 2.18. The fourth-order valence-corrected chi connectivity index (χ4v) is 14.1. The number of alkyl halides is 8. The summed E-state index contributed by atoms with van der Waals surface area (Å²) in [6, 6.07) is 0. The van der Waals surface area contributed by atoms with Crippen LogP contribution in [0.2, 0.25) is 0 Å². The summed E-state index contributed by atoms with van der Waals surface area (Å²) < 4.78 is 122. The fourth-order valence-electron chi connectivity index (χ4n) is 2.10. The average molecular weight is 294 g/mol. The molecule has 2 aliphatic rings. The molecule has 0 atom stereocenters. The molecule has 12 heteroatoms. The van der Waals surface area contributed by atoms with Crippen molar-refractivity contribution in [2.45, 2.75) is 21.4 Å². The SMILES string of the molecule is FC(F)(F)[Si]1(F)C2(F)C1(F)[Si]2(F)C(F)(F)F. The van der Waals surface area contributed by atoms with Crippen molar-refractivity contribution in [2.24, 2.45) is 0 Å². The molecule has 2 rings (SSSR count). The van der Waals surface area contributed by atoms with Crippen LogP contribution in [0.4, 0.5) is 43.3 Å². The quantitative estimate of drug-likeness (QED) is 0.366. The van der Waals surface area contributed by atoms with E-state index in [1.807, 2.05) is 0 Å². The zero-order chi connectivity index (χ0) is 13.0. The van der Waals surface area contributed by atoms with Crippen molar-refractivity contribution in [3.63, 3.8) is 0 Å². The monoisotopic (exact) mass is 294 g/mol. The van der Waals surface area contributed by atoms with Crippen molar-refractivity contribution in [3.8, 4) is 0 Å². The zero-order valence-corrected chi connectivity index (χ0v) is 8.78. The molecule has 0 radical (unpaired) electrons. The maximum atomic E-state index is 12.9. The largest absolute Gasteiger partial charge is 0.443 e. The van der Waals surface area contributed by atoms with Gasteiger partial charge >= 0.3 is 28.4 Å². The zero-order valence-electron chi connectivity index (χ0n) is 6.78. The summed E-state index contributed by atoms with van der Waals surface area (Å²) in [6.45, 7) is 0. The highest BCUT2D eigenvalue weighted by atomic mass is 28.5. The van der Waals surface area contributed by atoms with Crippen LogP contribution in [0.1, 0.15) is 0 Å². The molecular formula is C4F10Si2. The lowest BCUT2D eigenvalue weighted by Gasteiger charge is -2.25. The summed E-state index contributed by atoms with van der Waals surface area (Å²) in [5.74, 6) is -12.1. The van der Waals surface area contributed by atoms with E-state index >= 15 is 0 Å². The molecule has 2 aliphatic heterocycles. The van der Waals surface area contributed by atoms with Gasteiger partial charge in [-0.25, -0.2) is 8.78 Å². The lowest BCUT2D eigenvalue weighted by molar-refractivity contribution is -0.0743. The third kappa shape index (κ3) is 0.646. The molecular weight excluding hydrogens is 294 g/mol. The Kier molecular flexibility index (Phi) is 1.66. The Morgan fingerprint density at radius 1 is 0.625 bits per heavy atom. The highest BCUT2D eigenvalue weighted by Crippen LogP contribution is 2.91. The lowest BCUT2D eigenvalue weighted by Crippen LogP contribution is -2.66. The fraction of sp³-hybridized carbons (Fsp3) is 1.00. The van der Waals surface area contributed by atoms with E-state index in [1.54, 1.807) is 0 Å². The molecule has 0 saturated carbocycles. The van der Waals surface area contributed by atoms with Crippen LogP contribution < -0.4 is 0 Å². The third-order valence-electron chi connectivity index (χ3n) is 3.03. The van der Waals surface area contributed by atoms with E-state index in [0.29, 0.717) is 0 Å². The second-order valence-corrected chi connectivity index (χ2v) is 11.2. The average Bonchev–Trinajstić information content (AvgIpc) is 2.66. The first-order valence-electron chi connectivity index (χ1n) is 3.64. The maximum Gasteiger partial charge on any atom is 0.443 e. The molecule has 0 N–H and O–H groups in total. The van der Waals surface area contributed by atoms with Gasteiger partial charge in [-0.15, -0.1) is 0 Å². The van der Waals surface area contributed by atoms with Crippen LogP contribution in [-0.2, 0) is 0 Å². The van der Waals surface area contributed by atoms with Gasteiger partial charge in [0.05, 0.1) is 0 Å². The standard InChI is InChI=1S/C4F10Si2/c5-1-2(6,15(1,13)3(7,8)9)16(1,14)4(10,11)12. The smallest absolute Gasteiger partial charge is 0.296 e. The summed E-state index contributed by atoms with van der Waals surface area (Å²) in [5.41, 5.74) is 0. The summed E-state index contributed by atoms with van der Waals surface area (Å²) in [5, 5.41) is 0. The van der Waals surface area contributed by atoms with Gasteiger partial charge in [-0.2, -0.15) is 26.3 Å². The molecule has 2 heterocycles. The van der Waals surface area contributed by atoms with Crippen molar-refractivity contribution in [1.29, 1.82) is 0 Å². The Bertz CT molecular complexity index is 322. The van der Waals surface area contributed by atoms with Gasteiger partial charge in [-0.1, -0.05) is 0 Å². The van der Waals surface area contributed by atoms with Gasteiger partial charge in [0, 0.05) is 0 Å². The van der Waals surface area contributed by atoms with Crippen LogP contribution in [-0.4, -0.2) is 38.2 Å². The maximum absolute atomic E-state index is 12.9. The highest BCUT2D eigenvalue weighted by molar-refractivity contribution is 7.33. The summed E-state index contributed by atoms with van der Waals surface area (Å²) in [6.07, 6.45) is 0. The van der Waals surface area contributed by atoms with Gasteiger partial charge in [0.25, 0.3) is 0 Å². The first-order chi connectivity index (χ1) is 6.75. The van der Waals surface area contributed by atoms with E-state index in [-0.39, 0.29) is 0 Å². The molecule has 0 aromatic carbocycles. The minimum Gasteiger partial charge on any atom is -0.296 e. The van der Waals surface area contributed by atoms with Crippen molar-refractivity contribution < 1.29 is 43.3 Å². The van der Waals surface area contributed by atoms with Gasteiger partial charge < -0.3 is 0 Å². The Hall–Kier alpha value is -0.266. The van der Waals surface area contributed by atoms with E-state index in [4.69, 9.17) is 0 Å². The number of rotatable bonds is 0. The minimum atomic E-state index is -6.98. The van der Waals surface area contributed by atoms with Gasteiger partial charge in [-0.3, -0.25) is 8.22 Å². The minimum absolute atomic E-state index is 4.94. The van der Waals surface area contributed by atoms with Crippen LogP contribution in [0.3, 0.4) is 0 Å². The number of halogens is 10. The van der Waals surface area contributed by atoms with Gasteiger partial charge in [0.2, 0.25) is 9.83 Å². The molecule has 0 bridgehead atoms. The van der Waals surface area contributed by atoms with E-state index in [9.17, 15) is 43.3 Å². The molecule has 16 heavy (non-hydrogen) atoms. The van der Waals surface area contributed by atoms with E-state index in [2.05, 4.69) is 0 Å². The Labute approximate surface area is 82.6 Å². The Morgan fingerprint density at radius 2 is 0.812 bits per heavy atom. The van der Waals surface area contributed by atoms with Crippen LogP contribution in [0.15, 0.2) is 0 Å². The summed E-state index contributed by atoms with van der Waals surface area (Å²) >= 11 is 0. The summed E-state index contributed by atoms with van der Waals surface area (Å²) in [7, 11) is -14.0. The van der Waals surface area contributed by atoms with E-state index < -0.39 is 38.2 Å². The molecule has 0 aliphatic carbocycles. The van der Waals surface area contributed by atoms with Crippen molar-refractivity contribution in [2.75, 3.05) is 0 Å². The molecule has 0 spiro atoms. The van der Waals surface area contributed by atoms with Crippen LogP contribution in [0, 0.1) is 0 Å². The number of fused-ring (bicyclic) bond motifs is 1. The first-order valence-corrected chi connectivity index (χ1v) is 7.40. The van der Waals surface area contributed by atoms with Crippen molar-refractivity contribution in [3.05, 3.63) is 0 Å². The first kappa shape index (κ1) is 12.2. The molecule has 0 aromatic rings. The van der Waals surface area contributed by atoms with Crippen LogP contribution in [0.25, 0.3) is 0 Å². The Balaban J connectivity index is 2.44. The van der Waals surface area contributed by atoms with Crippen LogP contribution in [0.5, 0.6) is 0 Å². The number of hydrogen-bond acceptors (Lipinski definition) is 0. The van der Waals surface area contributed by atoms with Crippen molar-refractivity contribution in [1.82, 2.24) is 0 Å². The van der Waals surface area contributed by atoms with E-state index in [1.165, 1.54) is 0 Å². The van der Waals surface area contributed by atoms with E-state index in [0.717, 1.165) is 0 Å². The van der Waals surface area contributed by atoms with Crippen molar-refractivity contribution >= 4 is 16.8 Å². The highest BCUT2D eigenvalue weighted by Gasteiger charge is 3.35. The third-order valence-corrected chi connectivity index (χ3v) is 13.9. The lowest BCUT2D eigenvalue weighted by atomic mass is 10.9. The molecule has 94 valence electrons. The van der Waals surface area contributed by atoms with Gasteiger partial charge in [-0.05, 0) is 0 Å². The second-order valence-electron chi connectivity index (χ2n) is 3.63. The number of hydrogen-bond donors (Lipinski definition) is 0. The van der Waals surface area contributed by atoms with Crippen LogP contribution >= 0.6 is 0 Å². The molecule has 2 saturated heterocycles. The van der Waals surface area contributed by atoms with Gasteiger partial charge in [0.15, 0.2) is 0 Å². The predicted octanol–water partition coefficient (Wildman–Crippen LogP) is 2.62. The molecule has 2 fully saturated rings. The molecule has 0 aromatic heterocycles. The normalized spacial score (nSPS) is 55.9. The van der Waals surface area contributed by atoms with Gasteiger partial charge in [0.1, 0.15) is 0 Å². The molecule has 0 amide bonds.